The highest BCUT2D eigenvalue weighted by Crippen LogP contribution is 2.30. The van der Waals surface area contributed by atoms with E-state index in [9.17, 15) is 9.59 Å². The molecule has 0 radical (unpaired) electrons. The van der Waals surface area contributed by atoms with Crippen molar-refractivity contribution in [1.82, 2.24) is 14.6 Å². The van der Waals surface area contributed by atoms with Gasteiger partial charge in [-0.15, -0.1) is 5.10 Å². The number of hydrogen-bond donors (Lipinski definition) is 2. The van der Waals surface area contributed by atoms with E-state index in [0.29, 0.717) is 31.9 Å². The van der Waals surface area contributed by atoms with Crippen LogP contribution in [0, 0.1) is 18.8 Å². The third kappa shape index (κ3) is 3.16. The fraction of sp³-hybridized carbons (Fsp3) is 0.529. The summed E-state index contributed by atoms with van der Waals surface area (Å²) in [6.45, 7) is 3.38. The van der Waals surface area contributed by atoms with Gasteiger partial charge in [0.05, 0.1) is 17.8 Å². The summed E-state index contributed by atoms with van der Waals surface area (Å²) >= 11 is 0. The molecule has 8 nitrogen and oxygen atoms in total. The van der Waals surface area contributed by atoms with Crippen LogP contribution in [-0.4, -0.2) is 44.7 Å². The molecule has 1 saturated heterocycles. The van der Waals surface area contributed by atoms with E-state index in [4.69, 9.17) is 5.11 Å². The molecule has 2 fully saturated rings. The Morgan fingerprint density at radius 3 is 2.56 bits per heavy atom. The monoisotopic (exact) mass is 343 g/mol. The van der Waals surface area contributed by atoms with Crippen molar-refractivity contribution in [1.29, 1.82) is 0 Å². The first kappa shape index (κ1) is 15.9. The molecule has 1 saturated carbocycles. The van der Waals surface area contributed by atoms with E-state index in [1.807, 2.05) is 19.2 Å². The zero-order chi connectivity index (χ0) is 17.6. The van der Waals surface area contributed by atoms with Crippen LogP contribution >= 0.6 is 0 Å². The van der Waals surface area contributed by atoms with E-state index < -0.39 is 5.97 Å². The number of aromatic nitrogens is 3. The maximum Gasteiger partial charge on any atom is 0.306 e. The number of nitrogens with one attached hydrogen (secondary N) is 1. The number of aliphatic carboxylic acids is 1. The van der Waals surface area contributed by atoms with Crippen molar-refractivity contribution in [2.24, 2.45) is 11.8 Å². The largest absolute Gasteiger partial charge is 0.481 e. The van der Waals surface area contributed by atoms with Gasteiger partial charge in [-0.1, -0.05) is 0 Å². The summed E-state index contributed by atoms with van der Waals surface area (Å²) in [7, 11) is 0. The van der Waals surface area contributed by atoms with Gasteiger partial charge in [0.15, 0.2) is 5.65 Å². The molecule has 2 aromatic rings. The van der Waals surface area contributed by atoms with Crippen LogP contribution in [0.2, 0.25) is 0 Å². The number of pyridine rings is 1. The average molecular weight is 343 g/mol. The predicted octanol–water partition coefficient (Wildman–Crippen LogP) is 1.69. The van der Waals surface area contributed by atoms with Crippen LogP contribution in [-0.2, 0) is 9.59 Å². The number of carboxylic acids is 1. The highest BCUT2D eigenvalue weighted by molar-refractivity contribution is 5.92. The Morgan fingerprint density at radius 1 is 1.20 bits per heavy atom. The molecule has 0 unspecified atom stereocenters. The minimum Gasteiger partial charge on any atom is -0.481 e. The van der Waals surface area contributed by atoms with Crippen molar-refractivity contribution in [3.8, 4) is 0 Å². The minimum absolute atomic E-state index is 0.00970. The normalized spacial score (nSPS) is 18.5. The quantitative estimate of drug-likeness (QED) is 0.876. The van der Waals surface area contributed by atoms with Gasteiger partial charge < -0.3 is 10.0 Å². The van der Waals surface area contributed by atoms with Crippen molar-refractivity contribution < 1.29 is 14.7 Å². The minimum atomic E-state index is -0.710. The number of hydrogen-bond acceptors (Lipinski definition) is 5. The van der Waals surface area contributed by atoms with Crippen LogP contribution in [0.3, 0.4) is 0 Å². The smallest absolute Gasteiger partial charge is 0.306 e. The zero-order valence-electron chi connectivity index (χ0n) is 14.1. The van der Waals surface area contributed by atoms with Crippen molar-refractivity contribution in [2.45, 2.75) is 32.6 Å². The molecule has 0 bridgehead atoms. The molecule has 1 aliphatic carbocycles. The van der Waals surface area contributed by atoms with Crippen LogP contribution in [0.25, 0.3) is 5.65 Å². The third-order valence-electron chi connectivity index (χ3n) is 5.00. The van der Waals surface area contributed by atoms with Gasteiger partial charge in [0.2, 0.25) is 11.9 Å². The van der Waals surface area contributed by atoms with Crippen molar-refractivity contribution in [3.05, 3.63) is 17.8 Å². The van der Waals surface area contributed by atoms with E-state index in [0.717, 1.165) is 29.7 Å². The first-order chi connectivity index (χ1) is 12.0. The number of carbonyl (C=O) groups excluding carboxylic acids is 1. The van der Waals surface area contributed by atoms with Gasteiger partial charge in [-0.3, -0.25) is 14.9 Å². The van der Waals surface area contributed by atoms with Crippen LogP contribution in [0.15, 0.2) is 12.3 Å². The lowest BCUT2D eigenvalue weighted by Crippen LogP contribution is -2.36. The molecule has 0 aromatic carbocycles. The summed E-state index contributed by atoms with van der Waals surface area (Å²) in [5.41, 5.74) is 2.69. The van der Waals surface area contributed by atoms with E-state index in [-0.39, 0.29) is 17.7 Å². The molecule has 1 amide bonds. The lowest BCUT2D eigenvalue weighted by Gasteiger charge is -2.32. The van der Waals surface area contributed by atoms with Gasteiger partial charge in [0, 0.05) is 19.0 Å². The Morgan fingerprint density at radius 2 is 1.92 bits per heavy atom. The summed E-state index contributed by atoms with van der Waals surface area (Å²) in [5, 5.41) is 16.3. The lowest BCUT2D eigenvalue weighted by atomic mass is 9.97. The lowest BCUT2D eigenvalue weighted by molar-refractivity contribution is -0.142. The average Bonchev–Trinajstić information content (AvgIpc) is 3.36. The summed E-state index contributed by atoms with van der Waals surface area (Å²) in [6, 6.07) is 2.04. The molecule has 8 heteroatoms. The summed E-state index contributed by atoms with van der Waals surface area (Å²) in [6.07, 6.45) is 5.06. The Kier molecular flexibility index (Phi) is 3.82. The molecule has 3 heterocycles. The molecular formula is C17H21N5O3. The topological polar surface area (TPSA) is 99.8 Å². The Hall–Kier alpha value is -2.64. The first-order valence-electron chi connectivity index (χ1n) is 8.67. The van der Waals surface area contributed by atoms with Gasteiger partial charge in [0.1, 0.15) is 0 Å². The summed E-state index contributed by atoms with van der Waals surface area (Å²) in [4.78, 5) is 29.6. The second-order valence-corrected chi connectivity index (χ2v) is 6.95. The zero-order valence-corrected chi connectivity index (χ0v) is 14.1. The second-order valence-electron chi connectivity index (χ2n) is 6.95. The number of nitrogens with zero attached hydrogens (tertiary/aromatic N) is 4. The standard InChI is InChI=1S/C17H21N5O3/c1-10-8-13(21-6-4-12(5-7-21)16(24)25)9-22-14(10)18-17(20-22)19-15(23)11-2-3-11/h8-9,11-12H,2-7H2,1H3,(H,24,25)(H,19,20,23). The van der Waals surface area contributed by atoms with Crippen molar-refractivity contribution >= 4 is 29.2 Å². The number of carboxylic acid groups (broad SMARTS) is 1. The SMILES string of the molecule is Cc1cc(N2CCC(C(=O)O)CC2)cn2nc(NC(=O)C3CC3)nc12. The second kappa shape index (κ2) is 6.02. The molecule has 4 rings (SSSR count). The highest BCUT2D eigenvalue weighted by Gasteiger charge is 2.30. The van der Waals surface area contributed by atoms with Gasteiger partial charge in [-0.2, -0.15) is 4.98 Å². The molecule has 1 aliphatic heterocycles. The highest BCUT2D eigenvalue weighted by atomic mass is 16.4. The summed E-state index contributed by atoms with van der Waals surface area (Å²) in [5.74, 6) is -0.527. The first-order valence-corrected chi connectivity index (χ1v) is 8.67. The molecule has 2 N–H and O–H groups in total. The van der Waals surface area contributed by atoms with E-state index in [1.165, 1.54) is 0 Å². The van der Waals surface area contributed by atoms with Gasteiger partial charge in [-0.05, 0) is 44.2 Å². The number of rotatable bonds is 4. The molecule has 2 aromatic heterocycles. The predicted molar refractivity (Wildman–Crippen MR) is 91.7 cm³/mol. The molecule has 0 atom stereocenters. The number of anilines is 2. The fourth-order valence-electron chi connectivity index (χ4n) is 3.30. The van der Waals surface area contributed by atoms with Gasteiger partial charge >= 0.3 is 5.97 Å². The van der Waals surface area contributed by atoms with Crippen molar-refractivity contribution in [2.75, 3.05) is 23.3 Å². The summed E-state index contributed by atoms with van der Waals surface area (Å²) < 4.78 is 1.69. The number of carbonyl (C=O) groups is 2. The number of aryl methyl sites for hydroxylation is 1. The van der Waals surface area contributed by atoms with Crippen LogP contribution < -0.4 is 10.2 Å². The van der Waals surface area contributed by atoms with Crippen molar-refractivity contribution in [3.63, 3.8) is 0 Å². The Balaban J connectivity index is 1.54. The molecule has 25 heavy (non-hydrogen) atoms. The van der Waals surface area contributed by atoms with E-state index in [1.54, 1.807) is 4.52 Å². The molecule has 0 spiro atoms. The van der Waals surface area contributed by atoms with Crippen LogP contribution in [0.1, 0.15) is 31.2 Å². The maximum atomic E-state index is 11.9. The molecule has 2 aliphatic rings. The van der Waals surface area contributed by atoms with E-state index >= 15 is 0 Å². The number of amides is 1. The van der Waals surface area contributed by atoms with Crippen LogP contribution in [0.5, 0.6) is 0 Å². The maximum absolute atomic E-state index is 11.9. The van der Waals surface area contributed by atoms with Crippen LogP contribution in [0.4, 0.5) is 11.6 Å². The van der Waals surface area contributed by atoms with Gasteiger partial charge in [-0.25, -0.2) is 4.52 Å². The molecular weight excluding hydrogens is 322 g/mol. The number of piperidine rings is 1. The fourth-order valence-corrected chi connectivity index (χ4v) is 3.30. The number of fused-ring (bicyclic) bond motifs is 1. The Labute approximate surface area is 144 Å². The third-order valence-corrected chi connectivity index (χ3v) is 5.00. The van der Waals surface area contributed by atoms with Gasteiger partial charge in [0.25, 0.3) is 0 Å². The molecule has 132 valence electrons. The Bertz CT molecular complexity index is 834. The van der Waals surface area contributed by atoms with E-state index in [2.05, 4.69) is 20.3 Å².